The van der Waals surface area contributed by atoms with Crippen LogP contribution in [-0.2, 0) is 6.18 Å². The Bertz CT molecular complexity index is 845. The van der Waals surface area contributed by atoms with E-state index >= 15 is 0 Å². The fourth-order valence-corrected chi connectivity index (χ4v) is 3.46. The van der Waals surface area contributed by atoms with Crippen LogP contribution in [0, 0.1) is 5.82 Å². The molecule has 0 heterocycles. The molecule has 1 aliphatic carbocycles. The zero-order chi connectivity index (χ0) is 21.0. The molecule has 0 unspecified atom stereocenters. The summed E-state index contributed by atoms with van der Waals surface area (Å²) in [4.78, 5) is 12.3. The number of nitrogens with one attached hydrogen (secondary N) is 2. The van der Waals surface area contributed by atoms with E-state index in [0.717, 1.165) is 12.1 Å². The van der Waals surface area contributed by atoms with E-state index in [1.165, 1.54) is 6.07 Å². The summed E-state index contributed by atoms with van der Waals surface area (Å²) in [5.74, 6) is -0.784. The first kappa shape index (κ1) is 21.0. The Labute approximate surface area is 166 Å². The Hall–Kier alpha value is -2.77. The standard InChI is InChI=1S/C21H22F4N2O2/c1-29-17-9-2-13(3-10-17)20(28)27-15-6-4-14(5-7-15)26-16-8-11-19(22)18(12-16)21(23,24)25/h2-3,8-12,14-15,26H,4-7H2,1H3,(H,27,28). The molecule has 4 nitrogen and oxygen atoms in total. The summed E-state index contributed by atoms with van der Waals surface area (Å²) >= 11 is 0. The van der Waals surface area contributed by atoms with Gasteiger partial charge in [0.25, 0.3) is 5.91 Å². The molecule has 0 aromatic heterocycles. The predicted molar refractivity (Wildman–Crippen MR) is 102 cm³/mol. The van der Waals surface area contributed by atoms with Crippen molar-refractivity contribution in [2.24, 2.45) is 0 Å². The average Bonchev–Trinajstić information content (AvgIpc) is 2.70. The van der Waals surface area contributed by atoms with E-state index in [-0.39, 0.29) is 23.7 Å². The quantitative estimate of drug-likeness (QED) is 0.682. The van der Waals surface area contributed by atoms with E-state index in [1.807, 2.05) is 0 Å². The lowest BCUT2D eigenvalue weighted by Crippen LogP contribution is -2.40. The molecule has 0 saturated heterocycles. The molecule has 1 amide bonds. The maximum atomic E-state index is 13.4. The number of methoxy groups -OCH3 is 1. The molecule has 2 aromatic rings. The van der Waals surface area contributed by atoms with Gasteiger partial charge in [0.2, 0.25) is 0 Å². The van der Waals surface area contributed by atoms with Gasteiger partial charge in [-0.1, -0.05) is 0 Å². The summed E-state index contributed by atoms with van der Waals surface area (Å²) in [7, 11) is 1.55. The highest BCUT2D eigenvalue weighted by Crippen LogP contribution is 2.33. The molecule has 1 aliphatic rings. The largest absolute Gasteiger partial charge is 0.497 e. The number of halogens is 4. The highest BCUT2D eigenvalue weighted by Gasteiger charge is 2.34. The molecule has 1 fully saturated rings. The fraction of sp³-hybridized carbons (Fsp3) is 0.381. The van der Waals surface area contributed by atoms with Crippen LogP contribution in [0.4, 0.5) is 23.2 Å². The number of carbonyl (C=O) groups is 1. The summed E-state index contributed by atoms with van der Waals surface area (Å²) in [6, 6.07) is 9.71. The van der Waals surface area contributed by atoms with Gasteiger partial charge in [0.1, 0.15) is 11.6 Å². The Morgan fingerprint density at radius 2 is 1.62 bits per heavy atom. The first-order valence-electron chi connectivity index (χ1n) is 9.34. The summed E-state index contributed by atoms with van der Waals surface area (Å²) in [5.41, 5.74) is -0.496. The van der Waals surface area contributed by atoms with Crippen LogP contribution in [0.1, 0.15) is 41.6 Å². The highest BCUT2D eigenvalue weighted by atomic mass is 19.4. The number of hydrogen-bond acceptors (Lipinski definition) is 3. The Morgan fingerprint density at radius 1 is 1.00 bits per heavy atom. The molecule has 0 atom stereocenters. The number of amides is 1. The molecule has 0 radical (unpaired) electrons. The van der Waals surface area contributed by atoms with Crippen molar-refractivity contribution in [2.45, 2.75) is 43.9 Å². The normalized spacial score (nSPS) is 19.5. The second kappa shape index (κ2) is 8.71. The van der Waals surface area contributed by atoms with Crippen molar-refractivity contribution in [1.82, 2.24) is 5.32 Å². The lowest BCUT2D eigenvalue weighted by Gasteiger charge is -2.30. The minimum Gasteiger partial charge on any atom is -0.497 e. The minimum absolute atomic E-state index is 0.00149. The van der Waals surface area contributed by atoms with Gasteiger partial charge in [0, 0.05) is 23.3 Å². The first-order chi connectivity index (χ1) is 13.8. The third-order valence-electron chi connectivity index (χ3n) is 5.06. The van der Waals surface area contributed by atoms with Gasteiger partial charge in [-0.05, 0) is 68.1 Å². The molecule has 0 bridgehead atoms. The number of carbonyl (C=O) groups excluding carboxylic acids is 1. The molecule has 0 spiro atoms. The van der Waals surface area contributed by atoms with Crippen molar-refractivity contribution in [3.63, 3.8) is 0 Å². The van der Waals surface area contributed by atoms with E-state index in [0.29, 0.717) is 37.0 Å². The zero-order valence-electron chi connectivity index (χ0n) is 15.9. The number of ether oxygens (including phenoxy) is 1. The lowest BCUT2D eigenvalue weighted by atomic mass is 9.90. The van der Waals surface area contributed by atoms with Gasteiger partial charge in [0.15, 0.2) is 0 Å². The summed E-state index contributed by atoms with van der Waals surface area (Å²) in [6.07, 6.45) is -1.95. The van der Waals surface area contributed by atoms with E-state index in [4.69, 9.17) is 4.74 Å². The van der Waals surface area contributed by atoms with Gasteiger partial charge in [-0.3, -0.25) is 4.79 Å². The van der Waals surface area contributed by atoms with Crippen molar-refractivity contribution < 1.29 is 27.1 Å². The highest BCUT2D eigenvalue weighted by molar-refractivity contribution is 5.94. The second-order valence-corrected chi connectivity index (χ2v) is 7.09. The fourth-order valence-electron chi connectivity index (χ4n) is 3.46. The summed E-state index contributed by atoms with van der Waals surface area (Å²) in [6.45, 7) is 0. The molecule has 2 aromatic carbocycles. The molecular formula is C21H22F4N2O2. The molecule has 1 saturated carbocycles. The minimum atomic E-state index is -4.73. The van der Waals surface area contributed by atoms with Crippen molar-refractivity contribution in [2.75, 3.05) is 12.4 Å². The van der Waals surface area contributed by atoms with Crippen LogP contribution in [0.25, 0.3) is 0 Å². The molecule has 2 N–H and O–H groups in total. The summed E-state index contributed by atoms with van der Waals surface area (Å²) in [5, 5.41) is 6.03. The van der Waals surface area contributed by atoms with Gasteiger partial charge in [0.05, 0.1) is 12.7 Å². The molecule has 3 rings (SSSR count). The van der Waals surface area contributed by atoms with Crippen molar-refractivity contribution in [3.05, 3.63) is 59.4 Å². The molecule has 156 valence electrons. The molecular weight excluding hydrogens is 388 g/mol. The third-order valence-corrected chi connectivity index (χ3v) is 5.06. The van der Waals surface area contributed by atoms with E-state index in [1.54, 1.807) is 31.4 Å². The van der Waals surface area contributed by atoms with Crippen LogP contribution in [0.5, 0.6) is 5.75 Å². The number of hydrogen-bond donors (Lipinski definition) is 2. The maximum Gasteiger partial charge on any atom is 0.419 e. The van der Waals surface area contributed by atoms with E-state index in [9.17, 15) is 22.4 Å². The third kappa shape index (κ3) is 5.40. The number of benzene rings is 2. The Balaban J connectivity index is 1.52. The van der Waals surface area contributed by atoms with Gasteiger partial charge in [-0.25, -0.2) is 4.39 Å². The van der Waals surface area contributed by atoms with Gasteiger partial charge in [-0.15, -0.1) is 0 Å². The zero-order valence-corrected chi connectivity index (χ0v) is 15.9. The predicted octanol–water partition coefficient (Wildman–Crippen LogP) is 5.01. The number of alkyl halides is 3. The van der Waals surface area contributed by atoms with Crippen LogP contribution in [0.3, 0.4) is 0 Å². The topological polar surface area (TPSA) is 50.4 Å². The van der Waals surface area contributed by atoms with E-state index < -0.39 is 17.6 Å². The number of anilines is 1. The van der Waals surface area contributed by atoms with Crippen LogP contribution >= 0.6 is 0 Å². The SMILES string of the molecule is COc1ccc(C(=O)NC2CCC(Nc3ccc(F)c(C(F)(F)F)c3)CC2)cc1. The number of rotatable bonds is 5. The Morgan fingerprint density at radius 3 is 2.21 bits per heavy atom. The van der Waals surface area contributed by atoms with Crippen LogP contribution in [0.2, 0.25) is 0 Å². The lowest BCUT2D eigenvalue weighted by molar-refractivity contribution is -0.139. The maximum absolute atomic E-state index is 13.4. The van der Waals surface area contributed by atoms with Crippen molar-refractivity contribution in [3.8, 4) is 5.75 Å². The van der Waals surface area contributed by atoms with Gasteiger partial charge < -0.3 is 15.4 Å². The average molecular weight is 410 g/mol. The van der Waals surface area contributed by atoms with Gasteiger partial charge >= 0.3 is 6.18 Å². The molecule has 8 heteroatoms. The second-order valence-electron chi connectivity index (χ2n) is 7.09. The van der Waals surface area contributed by atoms with Crippen LogP contribution in [0.15, 0.2) is 42.5 Å². The van der Waals surface area contributed by atoms with Crippen LogP contribution < -0.4 is 15.4 Å². The van der Waals surface area contributed by atoms with Crippen molar-refractivity contribution >= 4 is 11.6 Å². The molecule has 0 aliphatic heterocycles. The summed E-state index contributed by atoms with van der Waals surface area (Å²) < 4.78 is 57.0. The van der Waals surface area contributed by atoms with Crippen molar-refractivity contribution in [1.29, 1.82) is 0 Å². The van der Waals surface area contributed by atoms with Gasteiger partial charge in [-0.2, -0.15) is 13.2 Å². The monoisotopic (exact) mass is 410 g/mol. The Kier molecular flexibility index (Phi) is 6.30. The van der Waals surface area contributed by atoms with Crippen LogP contribution in [-0.4, -0.2) is 25.1 Å². The smallest absolute Gasteiger partial charge is 0.419 e. The van der Waals surface area contributed by atoms with E-state index in [2.05, 4.69) is 10.6 Å². The molecule has 29 heavy (non-hydrogen) atoms. The first-order valence-corrected chi connectivity index (χ1v) is 9.34.